The number of rotatable bonds is 4. The molecule has 0 radical (unpaired) electrons. The molecular formula is C13H14N4O2. The molecule has 0 aliphatic heterocycles. The molecular weight excluding hydrogens is 244 g/mol. The fourth-order valence-corrected chi connectivity index (χ4v) is 1.60. The summed E-state index contributed by atoms with van der Waals surface area (Å²) in [6, 6.07) is 8.84. The fourth-order valence-electron chi connectivity index (χ4n) is 1.60. The van der Waals surface area contributed by atoms with E-state index in [9.17, 15) is 4.79 Å². The van der Waals surface area contributed by atoms with Gasteiger partial charge < -0.3 is 21.5 Å². The first-order valence-electron chi connectivity index (χ1n) is 5.56. The van der Waals surface area contributed by atoms with E-state index in [0.29, 0.717) is 5.82 Å². The molecule has 0 atom stereocenters. The highest BCUT2D eigenvalue weighted by Gasteiger charge is 2.08. The van der Waals surface area contributed by atoms with Crippen molar-refractivity contribution in [3.8, 4) is 5.75 Å². The topological polar surface area (TPSA) is 103 Å². The Labute approximate surface area is 110 Å². The van der Waals surface area contributed by atoms with Crippen molar-refractivity contribution >= 4 is 23.1 Å². The second-order valence-corrected chi connectivity index (χ2v) is 3.88. The van der Waals surface area contributed by atoms with Crippen molar-refractivity contribution in [1.82, 2.24) is 4.98 Å². The van der Waals surface area contributed by atoms with Gasteiger partial charge in [-0.15, -0.1) is 0 Å². The average molecular weight is 258 g/mol. The Morgan fingerprint density at radius 1 is 1.37 bits per heavy atom. The first kappa shape index (κ1) is 12.7. The second kappa shape index (κ2) is 5.26. The Balaban J connectivity index is 2.28. The Morgan fingerprint density at radius 2 is 2.16 bits per heavy atom. The van der Waals surface area contributed by atoms with Gasteiger partial charge in [-0.05, 0) is 18.2 Å². The Kier molecular flexibility index (Phi) is 3.51. The molecule has 1 aromatic heterocycles. The van der Waals surface area contributed by atoms with E-state index in [1.54, 1.807) is 7.11 Å². The summed E-state index contributed by atoms with van der Waals surface area (Å²) >= 11 is 0. The Morgan fingerprint density at radius 3 is 2.84 bits per heavy atom. The number of anilines is 3. The number of benzene rings is 1. The highest BCUT2D eigenvalue weighted by Crippen LogP contribution is 2.22. The third-order valence-corrected chi connectivity index (χ3v) is 2.54. The van der Waals surface area contributed by atoms with Crippen LogP contribution in [0.5, 0.6) is 5.75 Å². The molecule has 0 saturated carbocycles. The third kappa shape index (κ3) is 2.92. The largest absolute Gasteiger partial charge is 0.497 e. The molecule has 2 rings (SSSR count). The van der Waals surface area contributed by atoms with Gasteiger partial charge >= 0.3 is 0 Å². The molecule has 0 fully saturated rings. The number of aromatic nitrogens is 1. The zero-order valence-corrected chi connectivity index (χ0v) is 10.4. The summed E-state index contributed by atoms with van der Waals surface area (Å²) in [5, 5.41) is 3.05. The van der Waals surface area contributed by atoms with E-state index >= 15 is 0 Å². The van der Waals surface area contributed by atoms with Gasteiger partial charge in [-0.1, -0.05) is 6.07 Å². The molecule has 1 amide bonds. The molecule has 5 N–H and O–H groups in total. The fraction of sp³-hybridized carbons (Fsp3) is 0.0769. The number of carbonyl (C=O) groups excluding carboxylic acids is 1. The number of primary amides is 1. The minimum atomic E-state index is -0.589. The van der Waals surface area contributed by atoms with Crippen LogP contribution in [0.2, 0.25) is 0 Å². The molecule has 0 saturated heterocycles. The molecule has 1 aromatic carbocycles. The van der Waals surface area contributed by atoms with Crippen molar-refractivity contribution in [2.24, 2.45) is 5.73 Å². The minimum Gasteiger partial charge on any atom is -0.497 e. The van der Waals surface area contributed by atoms with E-state index in [4.69, 9.17) is 16.2 Å². The number of ether oxygens (including phenoxy) is 1. The van der Waals surface area contributed by atoms with Crippen molar-refractivity contribution in [3.05, 3.63) is 42.1 Å². The van der Waals surface area contributed by atoms with Crippen LogP contribution in [0.1, 0.15) is 10.4 Å². The lowest BCUT2D eigenvalue weighted by Crippen LogP contribution is -2.14. The quantitative estimate of drug-likeness (QED) is 0.771. The number of carbonyl (C=O) groups is 1. The molecule has 0 spiro atoms. The second-order valence-electron chi connectivity index (χ2n) is 3.88. The van der Waals surface area contributed by atoms with E-state index in [1.807, 2.05) is 24.3 Å². The molecule has 0 unspecified atom stereocenters. The van der Waals surface area contributed by atoms with E-state index < -0.39 is 5.91 Å². The zero-order valence-electron chi connectivity index (χ0n) is 10.4. The Bertz CT molecular complexity index is 613. The standard InChI is InChI=1S/C13H14N4O2/c1-19-9-4-2-3-8(5-9)17-12-6-10(13(15)18)11(14)7-16-12/h2-7H,14H2,1H3,(H2,15,18)(H,16,17). The summed E-state index contributed by atoms with van der Waals surface area (Å²) in [7, 11) is 1.59. The number of nitrogens with one attached hydrogen (secondary N) is 1. The van der Waals surface area contributed by atoms with Crippen LogP contribution in [0.4, 0.5) is 17.2 Å². The van der Waals surface area contributed by atoms with Gasteiger partial charge in [0.05, 0.1) is 24.6 Å². The molecule has 0 aliphatic rings. The predicted octanol–water partition coefficient (Wildman–Crippen LogP) is 1.51. The lowest BCUT2D eigenvalue weighted by Gasteiger charge is -2.09. The molecule has 0 bridgehead atoms. The van der Waals surface area contributed by atoms with Crippen molar-refractivity contribution in [2.45, 2.75) is 0 Å². The third-order valence-electron chi connectivity index (χ3n) is 2.54. The van der Waals surface area contributed by atoms with Crippen LogP contribution in [-0.2, 0) is 0 Å². The number of nitrogen functional groups attached to an aromatic ring is 1. The van der Waals surface area contributed by atoms with Gasteiger partial charge in [0.15, 0.2) is 0 Å². The van der Waals surface area contributed by atoms with Gasteiger partial charge in [0.1, 0.15) is 11.6 Å². The van der Waals surface area contributed by atoms with Gasteiger partial charge in [-0.25, -0.2) is 4.98 Å². The molecule has 98 valence electrons. The maximum absolute atomic E-state index is 11.2. The monoisotopic (exact) mass is 258 g/mol. The lowest BCUT2D eigenvalue weighted by atomic mass is 10.2. The van der Waals surface area contributed by atoms with E-state index in [-0.39, 0.29) is 11.3 Å². The molecule has 6 nitrogen and oxygen atoms in total. The lowest BCUT2D eigenvalue weighted by molar-refractivity contribution is 0.100. The summed E-state index contributed by atoms with van der Waals surface area (Å²) < 4.78 is 5.12. The minimum absolute atomic E-state index is 0.236. The van der Waals surface area contributed by atoms with E-state index in [1.165, 1.54) is 12.3 Å². The van der Waals surface area contributed by atoms with Crippen LogP contribution >= 0.6 is 0 Å². The highest BCUT2D eigenvalue weighted by molar-refractivity contribution is 5.98. The van der Waals surface area contributed by atoms with Crippen LogP contribution < -0.4 is 21.5 Å². The number of nitrogens with zero attached hydrogens (tertiary/aromatic N) is 1. The van der Waals surface area contributed by atoms with Crippen molar-refractivity contribution in [2.75, 3.05) is 18.2 Å². The van der Waals surface area contributed by atoms with Crippen molar-refractivity contribution < 1.29 is 9.53 Å². The van der Waals surface area contributed by atoms with Crippen LogP contribution in [-0.4, -0.2) is 18.0 Å². The summed E-state index contributed by atoms with van der Waals surface area (Å²) in [4.78, 5) is 15.3. The van der Waals surface area contributed by atoms with Crippen molar-refractivity contribution in [3.63, 3.8) is 0 Å². The molecule has 19 heavy (non-hydrogen) atoms. The van der Waals surface area contributed by atoms with Gasteiger partial charge in [-0.3, -0.25) is 4.79 Å². The molecule has 0 aliphatic carbocycles. The van der Waals surface area contributed by atoms with Crippen LogP contribution in [0.25, 0.3) is 0 Å². The number of pyridine rings is 1. The maximum atomic E-state index is 11.2. The molecule has 6 heteroatoms. The number of amides is 1. The van der Waals surface area contributed by atoms with Gasteiger partial charge in [0.25, 0.3) is 5.91 Å². The van der Waals surface area contributed by atoms with Crippen LogP contribution in [0.15, 0.2) is 36.5 Å². The Hall–Kier alpha value is -2.76. The smallest absolute Gasteiger partial charge is 0.250 e. The number of nitrogens with two attached hydrogens (primary N) is 2. The number of methoxy groups -OCH3 is 1. The molecule has 2 aromatic rings. The summed E-state index contributed by atoms with van der Waals surface area (Å²) in [6.07, 6.45) is 1.39. The first-order chi connectivity index (χ1) is 9.10. The van der Waals surface area contributed by atoms with E-state index in [0.717, 1.165) is 11.4 Å². The number of hydrogen-bond donors (Lipinski definition) is 3. The van der Waals surface area contributed by atoms with Crippen molar-refractivity contribution in [1.29, 1.82) is 0 Å². The maximum Gasteiger partial charge on any atom is 0.250 e. The van der Waals surface area contributed by atoms with Gasteiger partial charge in [-0.2, -0.15) is 0 Å². The van der Waals surface area contributed by atoms with Gasteiger partial charge in [0, 0.05) is 11.8 Å². The highest BCUT2D eigenvalue weighted by atomic mass is 16.5. The summed E-state index contributed by atoms with van der Waals surface area (Å²) in [5.41, 5.74) is 12.1. The predicted molar refractivity (Wildman–Crippen MR) is 73.4 cm³/mol. The number of hydrogen-bond acceptors (Lipinski definition) is 5. The normalized spacial score (nSPS) is 9.95. The molecule has 1 heterocycles. The van der Waals surface area contributed by atoms with Crippen LogP contribution in [0.3, 0.4) is 0 Å². The summed E-state index contributed by atoms with van der Waals surface area (Å²) in [5.74, 6) is 0.611. The summed E-state index contributed by atoms with van der Waals surface area (Å²) in [6.45, 7) is 0. The van der Waals surface area contributed by atoms with Crippen LogP contribution in [0, 0.1) is 0 Å². The zero-order chi connectivity index (χ0) is 13.8. The first-order valence-corrected chi connectivity index (χ1v) is 5.56. The van der Waals surface area contributed by atoms with Gasteiger partial charge in [0.2, 0.25) is 0 Å². The van der Waals surface area contributed by atoms with E-state index in [2.05, 4.69) is 10.3 Å². The SMILES string of the molecule is COc1cccc(Nc2cc(C(N)=O)c(N)cn2)c1. The average Bonchev–Trinajstić information content (AvgIpc) is 2.41.